The minimum absolute atomic E-state index is 0.107. The van der Waals surface area contributed by atoms with Crippen LogP contribution in [0.3, 0.4) is 0 Å². The maximum Gasteiger partial charge on any atom is 0.319 e. The topological polar surface area (TPSA) is 50.4 Å². The molecule has 0 aromatic heterocycles. The summed E-state index contributed by atoms with van der Waals surface area (Å²) < 4.78 is 5.19. The molecule has 1 atom stereocenters. The average Bonchev–Trinajstić information content (AvgIpc) is 2.47. The van der Waals surface area contributed by atoms with Gasteiger partial charge in [0.15, 0.2) is 0 Å². The third-order valence-corrected chi connectivity index (χ3v) is 3.22. The molecule has 1 unspecified atom stereocenters. The first kappa shape index (κ1) is 14.9. The number of benzene rings is 2. The number of rotatable bonds is 4. The number of hydrogen-bond donors (Lipinski definition) is 2. The molecule has 0 aliphatic carbocycles. The molecule has 0 bridgehead atoms. The molecule has 4 nitrogen and oxygen atoms in total. The molecule has 0 saturated heterocycles. The van der Waals surface area contributed by atoms with Crippen molar-refractivity contribution in [2.75, 3.05) is 12.4 Å². The molecule has 0 aliphatic heterocycles. The highest BCUT2D eigenvalue weighted by atomic mass is 16.5. The largest absolute Gasteiger partial charge is 0.497 e. The Kier molecular flexibility index (Phi) is 4.82. The summed E-state index contributed by atoms with van der Waals surface area (Å²) in [7, 11) is 1.63. The molecule has 2 aromatic rings. The molecule has 0 saturated carbocycles. The van der Waals surface area contributed by atoms with Crippen molar-refractivity contribution in [3.8, 4) is 5.75 Å². The number of carbonyl (C=O) groups excluding carboxylic acids is 1. The third kappa shape index (κ3) is 4.24. The summed E-state index contributed by atoms with van der Waals surface area (Å²) in [6.07, 6.45) is 0. The lowest BCUT2D eigenvalue weighted by Crippen LogP contribution is -2.31. The van der Waals surface area contributed by atoms with Gasteiger partial charge in [0.2, 0.25) is 0 Å². The monoisotopic (exact) mass is 284 g/mol. The Morgan fingerprint density at radius 2 is 1.90 bits per heavy atom. The van der Waals surface area contributed by atoms with Crippen LogP contribution in [-0.4, -0.2) is 13.1 Å². The molecule has 4 heteroatoms. The fourth-order valence-corrected chi connectivity index (χ4v) is 2.08. The second-order valence-corrected chi connectivity index (χ2v) is 4.97. The van der Waals surface area contributed by atoms with Crippen molar-refractivity contribution in [3.05, 3.63) is 59.7 Å². The summed E-state index contributed by atoms with van der Waals surface area (Å²) in [6.45, 7) is 3.92. The number of carbonyl (C=O) groups is 1. The molecule has 110 valence electrons. The standard InChI is InChI=1S/C17H20N2O2/c1-12-6-4-8-15(10-12)19-17(20)18-13(2)14-7-5-9-16(11-14)21-3/h4-11,13H,1-3H3,(H2,18,19,20). The second kappa shape index (κ2) is 6.79. The van der Waals surface area contributed by atoms with Gasteiger partial charge in [-0.3, -0.25) is 0 Å². The van der Waals surface area contributed by atoms with E-state index in [1.54, 1.807) is 7.11 Å². The zero-order valence-corrected chi connectivity index (χ0v) is 12.5. The Balaban J connectivity index is 1.98. The molecule has 2 aromatic carbocycles. The van der Waals surface area contributed by atoms with E-state index in [-0.39, 0.29) is 12.1 Å². The zero-order valence-electron chi connectivity index (χ0n) is 12.5. The van der Waals surface area contributed by atoms with E-state index in [2.05, 4.69) is 10.6 Å². The lowest BCUT2D eigenvalue weighted by atomic mass is 10.1. The van der Waals surface area contributed by atoms with Crippen molar-refractivity contribution in [2.24, 2.45) is 0 Å². The van der Waals surface area contributed by atoms with E-state index in [0.717, 1.165) is 22.6 Å². The van der Waals surface area contributed by atoms with Gasteiger partial charge >= 0.3 is 6.03 Å². The summed E-state index contributed by atoms with van der Waals surface area (Å²) in [5.41, 5.74) is 2.88. The van der Waals surface area contributed by atoms with Crippen molar-refractivity contribution in [2.45, 2.75) is 19.9 Å². The van der Waals surface area contributed by atoms with Crippen molar-refractivity contribution >= 4 is 11.7 Å². The van der Waals surface area contributed by atoms with Crippen molar-refractivity contribution in [1.29, 1.82) is 0 Å². The maximum atomic E-state index is 12.0. The second-order valence-electron chi connectivity index (χ2n) is 4.97. The van der Waals surface area contributed by atoms with E-state index in [4.69, 9.17) is 4.74 Å². The number of amides is 2. The number of aryl methyl sites for hydroxylation is 1. The van der Waals surface area contributed by atoms with Crippen LogP contribution in [0.4, 0.5) is 10.5 Å². The van der Waals surface area contributed by atoms with Gasteiger partial charge in [-0.2, -0.15) is 0 Å². The lowest BCUT2D eigenvalue weighted by Gasteiger charge is -2.16. The Hall–Kier alpha value is -2.49. The predicted molar refractivity (Wildman–Crippen MR) is 84.7 cm³/mol. The number of hydrogen-bond acceptors (Lipinski definition) is 2. The van der Waals surface area contributed by atoms with E-state index < -0.39 is 0 Å². The van der Waals surface area contributed by atoms with Crippen LogP contribution >= 0.6 is 0 Å². The molecular formula is C17H20N2O2. The smallest absolute Gasteiger partial charge is 0.319 e. The molecular weight excluding hydrogens is 264 g/mol. The predicted octanol–water partition coefficient (Wildman–Crippen LogP) is 3.89. The van der Waals surface area contributed by atoms with Crippen molar-refractivity contribution in [3.63, 3.8) is 0 Å². The van der Waals surface area contributed by atoms with Crippen LogP contribution in [0, 0.1) is 6.92 Å². The third-order valence-electron chi connectivity index (χ3n) is 3.22. The zero-order chi connectivity index (χ0) is 15.2. The Bertz CT molecular complexity index is 626. The molecule has 2 rings (SSSR count). The van der Waals surface area contributed by atoms with Gasteiger partial charge in [-0.15, -0.1) is 0 Å². The quantitative estimate of drug-likeness (QED) is 0.895. The van der Waals surface area contributed by atoms with Gasteiger partial charge in [-0.25, -0.2) is 4.79 Å². The molecule has 0 heterocycles. The molecule has 0 aliphatic rings. The molecule has 2 N–H and O–H groups in total. The van der Waals surface area contributed by atoms with Crippen molar-refractivity contribution < 1.29 is 9.53 Å². The normalized spacial score (nSPS) is 11.6. The first-order valence-electron chi connectivity index (χ1n) is 6.86. The average molecular weight is 284 g/mol. The van der Waals surface area contributed by atoms with Crippen LogP contribution in [0.25, 0.3) is 0 Å². The molecule has 0 spiro atoms. The van der Waals surface area contributed by atoms with E-state index in [0.29, 0.717) is 0 Å². The van der Waals surface area contributed by atoms with Gasteiger partial charge in [-0.1, -0.05) is 24.3 Å². The van der Waals surface area contributed by atoms with Gasteiger partial charge in [0.1, 0.15) is 5.75 Å². The SMILES string of the molecule is COc1cccc(C(C)NC(=O)Nc2cccc(C)c2)c1. The summed E-state index contributed by atoms with van der Waals surface area (Å²) in [4.78, 5) is 12.0. The highest BCUT2D eigenvalue weighted by molar-refractivity contribution is 5.89. The van der Waals surface area contributed by atoms with Crippen LogP contribution in [-0.2, 0) is 0 Å². The Labute approximate surface area is 125 Å². The molecule has 2 amide bonds. The van der Waals surface area contributed by atoms with E-state index in [1.165, 1.54) is 0 Å². The van der Waals surface area contributed by atoms with Crippen LogP contribution in [0.1, 0.15) is 24.1 Å². The van der Waals surface area contributed by atoms with Crippen LogP contribution < -0.4 is 15.4 Å². The molecule has 0 radical (unpaired) electrons. The first-order chi connectivity index (χ1) is 10.1. The van der Waals surface area contributed by atoms with Crippen LogP contribution in [0.5, 0.6) is 5.75 Å². The Morgan fingerprint density at radius 1 is 1.14 bits per heavy atom. The van der Waals surface area contributed by atoms with Crippen LogP contribution in [0.15, 0.2) is 48.5 Å². The fraction of sp³-hybridized carbons (Fsp3) is 0.235. The summed E-state index contributed by atoms with van der Waals surface area (Å²) >= 11 is 0. The number of methoxy groups -OCH3 is 1. The summed E-state index contributed by atoms with van der Waals surface area (Å²) in [5, 5.41) is 5.74. The van der Waals surface area contributed by atoms with Gasteiger partial charge < -0.3 is 15.4 Å². The minimum Gasteiger partial charge on any atom is -0.497 e. The summed E-state index contributed by atoms with van der Waals surface area (Å²) in [6, 6.07) is 15.0. The number of nitrogens with one attached hydrogen (secondary N) is 2. The molecule has 21 heavy (non-hydrogen) atoms. The number of ether oxygens (including phenoxy) is 1. The molecule has 0 fully saturated rings. The number of anilines is 1. The van der Waals surface area contributed by atoms with E-state index in [1.807, 2.05) is 62.4 Å². The highest BCUT2D eigenvalue weighted by Crippen LogP contribution is 2.19. The number of urea groups is 1. The van der Waals surface area contributed by atoms with Crippen LogP contribution in [0.2, 0.25) is 0 Å². The van der Waals surface area contributed by atoms with E-state index in [9.17, 15) is 4.79 Å². The van der Waals surface area contributed by atoms with Gasteiger partial charge in [0.05, 0.1) is 13.2 Å². The minimum atomic E-state index is -0.226. The lowest BCUT2D eigenvalue weighted by molar-refractivity contribution is 0.249. The fourth-order valence-electron chi connectivity index (χ4n) is 2.08. The summed E-state index contributed by atoms with van der Waals surface area (Å²) in [5.74, 6) is 0.778. The van der Waals surface area contributed by atoms with Gasteiger partial charge in [0.25, 0.3) is 0 Å². The maximum absolute atomic E-state index is 12.0. The first-order valence-corrected chi connectivity index (χ1v) is 6.86. The van der Waals surface area contributed by atoms with Gasteiger partial charge in [-0.05, 0) is 49.2 Å². The highest BCUT2D eigenvalue weighted by Gasteiger charge is 2.10. The van der Waals surface area contributed by atoms with Gasteiger partial charge in [0, 0.05) is 5.69 Å². The Morgan fingerprint density at radius 3 is 2.62 bits per heavy atom. The van der Waals surface area contributed by atoms with Crippen molar-refractivity contribution in [1.82, 2.24) is 5.32 Å². The van der Waals surface area contributed by atoms with E-state index >= 15 is 0 Å².